The number of hydrogen-bond acceptors (Lipinski definition) is 5. The molecule has 1 aliphatic carbocycles. The molecule has 1 saturated heterocycles. The second kappa shape index (κ2) is 11.2. The Balaban J connectivity index is 1.51. The van der Waals surface area contributed by atoms with E-state index in [1.54, 1.807) is 0 Å². The molecule has 5 rings (SSSR count). The molecule has 1 aliphatic heterocycles. The summed E-state index contributed by atoms with van der Waals surface area (Å²) in [5, 5.41) is 5.42. The van der Waals surface area contributed by atoms with Crippen molar-refractivity contribution in [3.63, 3.8) is 0 Å². The zero-order chi connectivity index (χ0) is 25.1. The van der Waals surface area contributed by atoms with Gasteiger partial charge in [0.1, 0.15) is 15.8 Å². The van der Waals surface area contributed by atoms with E-state index < -0.39 is 0 Å². The lowest BCUT2D eigenvalue weighted by molar-refractivity contribution is -0.123. The fraction of sp³-hybridized carbons (Fsp3) is 0.321. The van der Waals surface area contributed by atoms with Crippen LogP contribution in [0.1, 0.15) is 51.0 Å². The first-order valence-corrected chi connectivity index (χ1v) is 14.0. The molecule has 0 atom stereocenters. The number of ether oxygens (including phenoxy) is 1. The van der Waals surface area contributed by atoms with Crippen molar-refractivity contribution in [3.05, 3.63) is 70.2 Å². The number of rotatable bonds is 8. The molecular weight excluding hydrogens is 510 g/mol. The van der Waals surface area contributed by atoms with Gasteiger partial charge in [0.15, 0.2) is 0 Å². The van der Waals surface area contributed by atoms with Crippen LogP contribution in [0.15, 0.2) is 59.6 Å². The smallest absolute Gasteiger partial charge is 0.266 e. The number of hydrogen-bond donors (Lipinski definition) is 0. The van der Waals surface area contributed by atoms with Gasteiger partial charge in [-0.2, -0.15) is 5.10 Å². The van der Waals surface area contributed by atoms with Crippen molar-refractivity contribution in [2.45, 2.75) is 51.5 Å². The molecule has 1 saturated carbocycles. The van der Waals surface area contributed by atoms with Crippen LogP contribution < -0.4 is 4.74 Å². The minimum Gasteiger partial charge on any atom is -0.492 e. The fourth-order valence-electron chi connectivity index (χ4n) is 4.62. The van der Waals surface area contributed by atoms with Gasteiger partial charge in [-0.25, -0.2) is 4.68 Å². The zero-order valence-electron chi connectivity index (χ0n) is 20.2. The van der Waals surface area contributed by atoms with Crippen LogP contribution in [-0.2, 0) is 4.79 Å². The van der Waals surface area contributed by atoms with Crippen LogP contribution in [0.25, 0.3) is 23.0 Å². The van der Waals surface area contributed by atoms with Gasteiger partial charge < -0.3 is 4.74 Å². The number of nitrogens with zero attached hydrogens (tertiary/aromatic N) is 3. The summed E-state index contributed by atoms with van der Waals surface area (Å²) in [5.74, 6) is 0.656. The number of carbonyl (C=O) groups is 1. The predicted molar refractivity (Wildman–Crippen MR) is 152 cm³/mol. The summed E-state index contributed by atoms with van der Waals surface area (Å²) < 4.78 is 8.31. The highest BCUT2D eigenvalue weighted by Crippen LogP contribution is 2.39. The molecule has 0 unspecified atom stereocenters. The van der Waals surface area contributed by atoms with Gasteiger partial charge in [0, 0.05) is 23.4 Å². The number of carbonyl (C=O) groups excluding carboxylic acids is 1. The van der Waals surface area contributed by atoms with E-state index in [0.29, 0.717) is 26.6 Å². The Morgan fingerprint density at radius 2 is 1.97 bits per heavy atom. The molecule has 3 aromatic rings. The number of thiocarbonyl (C=S) groups is 1. The van der Waals surface area contributed by atoms with E-state index in [2.05, 4.69) is 6.92 Å². The first-order chi connectivity index (χ1) is 17.5. The molecule has 0 bridgehead atoms. The Hall–Kier alpha value is -2.61. The van der Waals surface area contributed by atoms with E-state index in [9.17, 15) is 4.79 Å². The normalized spacial score (nSPS) is 17.5. The topological polar surface area (TPSA) is 47.4 Å². The number of halogens is 1. The second-order valence-corrected chi connectivity index (χ2v) is 11.1. The Morgan fingerprint density at radius 3 is 2.69 bits per heavy atom. The maximum Gasteiger partial charge on any atom is 0.266 e. The standard InChI is InChI=1S/C28H28ClN3O2S2/c1-2-3-15-34-24-14-13-19(16-23(24)29)26-20(18-31(30-26)21-9-5-4-6-10-21)17-25-27(33)32(28(35)36-25)22-11-7-8-12-22/h4-6,9-10,13-14,16-18,22H,2-3,7-8,11-12,15H2,1H3. The van der Waals surface area contributed by atoms with Gasteiger partial charge in [0.05, 0.1) is 22.2 Å². The second-order valence-electron chi connectivity index (χ2n) is 9.05. The summed E-state index contributed by atoms with van der Waals surface area (Å²) >= 11 is 13.6. The molecule has 5 nitrogen and oxygen atoms in total. The van der Waals surface area contributed by atoms with Crippen LogP contribution in [0.3, 0.4) is 0 Å². The molecule has 2 aromatic carbocycles. The van der Waals surface area contributed by atoms with E-state index in [0.717, 1.165) is 61.0 Å². The number of benzene rings is 2. The van der Waals surface area contributed by atoms with E-state index in [4.69, 9.17) is 33.7 Å². The average molecular weight is 538 g/mol. The minimum atomic E-state index is -0.00647. The van der Waals surface area contributed by atoms with Gasteiger partial charge in [-0.05, 0) is 55.7 Å². The van der Waals surface area contributed by atoms with Crippen LogP contribution >= 0.6 is 35.6 Å². The van der Waals surface area contributed by atoms with E-state index in [-0.39, 0.29) is 11.9 Å². The third-order valence-electron chi connectivity index (χ3n) is 6.52. The largest absolute Gasteiger partial charge is 0.492 e. The minimum absolute atomic E-state index is 0.00647. The molecule has 8 heteroatoms. The van der Waals surface area contributed by atoms with Gasteiger partial charge in [0.2, 0.25) is 0 Å². The monoisotopic (exact) mass is 537 g/mol. The highest BCUT2D eigenvalue weighted by atomic mass is 35.5. The quantitative estimate of drug-likeness (QED) is 0.169. The van der Waals surface area contributed by atoms with Crippen LogP contribution in [0.4, 0.5) is 0 Å². The number of unbranched alkanes of at least 4 members (excludes halogenated alkanes) is 1. The van der Waals surface area contributed by atoms with Crippen molar-refractivity contribution in [2.75, 3.05) is 6.61 Å². The van der Waals surface area contributed by atoms with Crippen LogP contribution in [0.5, 0.6) is 5.75 Å². The van der Waals surface area contributed by atoms with Gasteiger partial charge in [-0.3, -0.25) is 9.69 Å². The average Bonchev–Trinajstić information content (AvgIpc) is 3.61. The van der Waals surface area contributed by atoms with Crippen LogP contribution in [-0.4, -0.2) is 37.6 Å². The zero-order valence-corrected chi connectivity index (χ0v) is 22.5. The molecule has 2 aliphatic rings. The van der Waals surface area contributed by atoms with Gasteiger partial charge in [0.25, 0.3) is 5.91 Å². The summed E-state index contributed by atoms with van der Waals surface area (Å²) in [5.41, 5.74) is 3.37. The number of thioether (sulfide) groups is 1. The Labute approximate surface area is 226 Å². The van der Waals surface area contributed by atoms with Crippen LogP contribution in [0.2, 0.25) is 5.02 Å². The lowest BCUT2D eigenvalue weighted by atomic mass is 10.1. The Kier molecular flexibility index (Phi) is 7.79. The Bertz CT molecular complexity index is 1300. The first-order valence-electron chi connectivity index (χ1n) is 12.4. The van der Waals surface area contributed by atoms with E-state index in [1.807, 2.05) is 70.4 Å². The highest BCUT2D eigenvalue weighted by Gasteiger charge is 2.38. The van der Waals surface area contributed by atoms with Gasteiger partial charge in [-0.1, -0.05) is 80.0 Å². The number of amides is 1. The van der Waals surface area contributed by atoms with Crippen LogP contribution in [0, 0.1) is 0 Å². The van der Waals surface area contributed by atoms with Crippen molar-refractivity contribution in [1.29, 1.82) is 0 Å². The predicted octanol–water partition coefficient (Wildman–Crippen LogP) is 7.52. The first kappa shape index (κ1) is 25.1. The third kappa shape index (κ3) is 5.24. The summed E-state index contributed by atoms with van der Waals surface area (Å²) in [6, 6.07) is 15.9. The summed E-state index contributed by atoms with van der Waals surface area (Å²) in [6.45, 7) is 2.76. The maximum atomic E-state index is 13.3. The van der Waals surface area contributed by atoms with Gasteiger partial charge in [-0.15, -0.1) is 0 Å². The molecule has 36 heavy (non-hydrogen) atoms. The summed E-state index contributed by atoms with van der Waals surface area (Å²) in [7, 11) is 0. The number of para-hydroxylation sites is 1. The summed E-state index contributed by atoms with van der Waals surface area (Å²) in [4.78, 5) is 15.8. The van der Waals surface area contributed by atoms with Crippen molar-refractivity contribution in [1.82, 2.24) is 14.7 Å². The molecule has 1 amide bonds. The van der Waals surface area contributed by atoms with E-state index >= 15 is 0 Å². The molecule has 1 aromatic heterocycles. The molecule has 0 spiro atoms. The van der Waals surface area contributed by atoms with Crippen molar-refractivity contribution < 1.29 is 9.53 Å². The summed E-state index contributed by atoms with van der Waals surface area (Å²) in [6.07, 6.45) is 10.2. The SMILES string of the molecule is CCCCOc1ccc(-c2nn(-c3ccccc3)cc2C=C2SC(=S)N(C3CCCC3)C2=O)cc1Cl. The molecule has 0 N–H and O–H groups in total. The van der Waals surface area contributed by atoms with Gasteiger partial charge >= 0.3 is 0 Å². The molecule has 186 valence electrons. The van der Waals surface area contributed by atoms with Crippen molar-refractivity contribution in [3.8, 4) is 22.7 Å². The number of aromatic nitrogens is 2. The molecular formula is C28H28ClN3O2S2. The maximum absolute atomic E-state index is 13.3. The van der Waals surface area contributed by atoms with Crippen molar-refractivity contribution in [2.24, 2.45) is 0 Å². The molecule has 2 heterocycles. The lowest BCUT2D eigenvalue weighted by Gasteiger charge is -2.21. The molecule has 2 fully saturated rings. The highest BCUT2D eigenvalue weighted by molar-refractivity contribution is 8.26. The lowest BCUT2D eigenvalue weighted by Crippen LogP contribution is -2.36. The fourth-order valence-corrected chi connectivity index (χ4v) is 6.25. The van der Waals surface area contributed by atoms with E-state index in [1.165, 1.54) is 11.8 Å². The Morgan fingerprint density at radius 1 is 1.19 bits per heavy atom. The van der Waals surface area contributed by atoms with Crippen molar-refractivity contribution >= 4 is 51.9 Å². The molecule has 0 radical (unpaired) electrons. The third-order valence-corrected chi connectivity index (χ3v) is 8.15.